The van der Waals surface area contributed by atoms with Crippen molar-refractivity contribution in [2.75, 3.05) is 6.54 Å². The number of nitrogens with zero attached hydrogens (tertiary/aromatic N) is 3. The third-order valence-electron chi connectivity index (χ3n) is 5.06. The Hall–Kier alpha value is -2.64. The first kappa shape index (κ1) is 21.1. The topological polar surface area (TPSA) is 55.3 Å². The van der Waals surface area contributed by atoms with E-state index < -0.39 is 6.36 Å². The summed E-state index contributed by atoms with van der Waals surface area (Å²) in [6.45, 7) is 6.57. The predicted octanol–water partition coefficient (Wildman–Crippen LogP) is 4.52. The van der Waals surface area contributed by atoms with Crippen molar-refractivity contribution < 1.29 is 22.7 Å². The lowest BCUT2D eigenvalue weighted by molar-refractivity contribution is -0.274. The Kier molecular flexibility index (Phi) is 6.10. The summed E-state index contributed by atoms with van der Waals surface area (Å²) in [5, 5.41) is 0. The monoisotopic (exact) mass is 407 g/mol. The summed E-state index contributed by atoms with van der Waals surface area (Å²) in [6, 6.07) is 4.91. The minimum absolute atomic E-state index is 0.0657. The van der Waals surface area contributed by atoms with Gasteiger partial charge in [-0.1, -0.05) is 19.9 Å². The van der Waals surface area contributed by atoms with Crippen molar-refractivity contribution in [3.8, 4) is 5.75 Å². The number of carbonyl (C=O) groups excluding carboxylic acids is 1. The first-order chi connectivity index (χ1) is 13.6. The summed E-state index contributed by atoms with van der Waals surface area (Å²) in [5.74, 6) is 0.306. The molecule has 1 saturated heterocycles. The van der Waals surface area contributed by atoms with E-state index in [-0.39, 0.29) is 23.6 Å². The highest BCUT2D eigenvalue weighted by molar-refractivity contribution is 5.94. The van der Waals surface area contributed by atoms with Crippen LogP contribution in [0.25, 0.3) is 0 Å². The van der Waals surface area contributed by atoms with Gasteiger partial charge in [-0.3, -0.25) is 4.79 Å². The van der Waals surface area contributed by atoms with E-state index in [1.165, 1.54) is 24.5 Å². The van der Waals surface area contributed by atoms with E-state index in [0.29, 0.717) is 29.8 Å². The Labute approximate surface area is 167 Å². The van der Waals surface area contributed by atoms with Crippen LogP contribution in [-0.2, 0) is 12.8 Å². The molecular weight excluding hydrogens is 383 g/mol. The number of benzene rings is 1. The molecule has 2 aromatic rings. The Morgan fingerprint density at radius 3 is 2.41 bits per heavy atom. The summed E-state index contributed by atoms with van der Waals surface area (Å²) < 4.78 is 41.9. The Morgan fingerprint density at radius 1 is 1.21 bits per heavy atom. The lowest BCUT2D eigenvalue weighted by Gasteiger charge is -2.38. The molecule has 1 aliphatic rings. The molecule has 29 heavy (non-hydrogen) atoms. The zero-order valence-electron chi connectivity index (χ0n) is 16.7. The smallest absolute Gasteiger partial charge is 0.406 e. The molecule has 0 bridgehead atoms. The number of carbonyl (C=O) groups is 1. The Balaban J connectivity index is 1.68. The Morgan fingerprint density at radius 2 is 1.90 bits per heavy atom. The van der Waals surface area contributed by atoms with Gasteiger partial charge in [-0.05, 0) is 48.9 Å². The molecule has 0 radical (unpaired) electrons. The maximum atomic E-state index is 12.6. The van der Waals surface area contributed by atoms with Crippen molar-refractivity contribution in [3.63, 3.8) is 0 Å². The Bertz CT molecular complexity index is 866. The summed E-state index contributed by atoms with van der Waals surface area (Å²) in [5.41, 5.74) is 1.93. The molecule has 1 aromatic heterocycles. The van der Waals surface area contributed by atoms with Gasteiger partial charge in [-0.2, -0.15) is 0 Å². The molecule has 1 fully saturated rings. The fourth-order valence-electron chi connectivity index (χ4n) is 3.19. The lowest BCUT2D eigenvalue weighted by atomic mass is 9.98. The van der Waals surface area contributed by atoms with Crippen molar-refractivity contribution >= 4 is 5.91 Å². The molecular formula is C21H24F3N3O2. The second-order valence-corrected chi connectivity index (χ2v) is 7.64. The van der Waals surface area contributed by atoms with E-state index in [4.69, 9.17) is 0 Å². The van der Waals surface area contributed by atoms with Gasteiger partial charge in [-0.15, -0.1) is 13.2 Å². The number of halogens is 3. The van der Waals surface area contributed by atoms with E-state index in [0.717, 1.165) is 18.5 Å². The highest BCUT2D eigenvalue weighted by Crippen LogP contribution is 2.28. The van der Waals surface area contributed by atoms with Crippen LogP contribution < -0.4 is 4.74 Å². The average molecular weight is 407 g/mol. The molecule has 0 spiro atoms. The minimum Gasteiger partial charge on any atom is -0.406 e. The van der Waals surface area contributed by atoms with Crippen LogP contribution in [0.15, 0.2) is 30.6 Å². The van der Waals surface area contributed by atoms with Crippen molar-refractivity contribution in [3.05, 3.63) is 53.1 Å². The summed E-state index contributed by atoms with van der Waals surface area (Å²) in [6.07, 6.45) is 0.205. The fraction of sp³-hybridized carbons (Fsp3) is 0.476. The second-order valence-electron chi connectivity index (χ2n) is 7.64. The number of aryl methyl sites for hydroxylation is 2. The zero-order chi connectivity index (χ0) is 21.2. The van der Waals surface area contributed by atoms with Gasteiger partial charge in [0.05, 0.1) is 5.56 Å². The number of alkyl halides is 3. The summed E-state index contributed by atoms with van der Waals surface area (Å²) >= 11 is 0. The van der Waals surface area contributed by atoms with Crippen LogP contribution >= 0.6 is 0 Å². The lowest BCUT2D eigenvalue weighted by Crippen LogP contribution is -2.49. The van der Waals surface area contributed by atoms with Gasteiger partial charge in [0.15, 0.2) is 0 Å². The third kappa shape index (κ3) is 5.46. The molecule has 2 heterocycles. The van der Waals surface area contributed by atoms with Crippen LogP contribution in [-0.4, -0.2) is 39.7 Å². The first-order valence-electron chi connectivity index (χ1n) is 9.64. The number of ether oxygens (including phenoxy) is 1. The minimum atomic E-state index is -4.73. The number of aromatic nitrogens is 2. The van der Waals surface area contributed by atoms with Gasteiger partial charge in [0.1, 0.15) is 11.6 Å². The van der Waals surface area contributed by atoms with Crippen molar-refractivity contribution in [2.24, 2.45) is 0 Å². The van der Waals surface area contributed by atoms with Crippen molar-refractivity contribution in [2.45, 2.75) is 58.4 Å². The molecule has 0 N–H and O–H groups in total. The summed E-state index contributed by atoms with van der Waals surface area (Å²) in [7, 11) is 0. The van der Waals surface area contributed by atoms with Crippen LogP contribution in [0, 0.1) is 0 Å². The number of amides is 1. The van der Waals surface area contributed by atoms with Gasteiger partial charge in [0.2, 0.25) is 0 Å². The van der Waals surface area contributed by atoms with Crippen LogP contribution in [0.5, 0.6) is 5.75 Å². The largest absolute Gasteiger partial charge is 0.573 e. The molecule has 0 unspecified atom stereocenters. The molecule has 5 nitrogen and oxygen atoms in total. The van der Waals surface area contributed by atoms with Gasteiger partial charge >= 0.3 is 6.36 Å². The van der Waals surface area contributed by atoms with Crippen LogP contribution in [0.1, 0.15) is 60.4 Å². The molecule has 1 atom stereocenters. The zero-order valence-corrected chi connectivity index (χ0v) is 16.7. The van der Waals surface area contributed by atoms with Gasteiger partial charge in [-0.25, -0.2) is 9.97 Å². The van der Waals surface area contributed by atoms with E-state index in [1.54, 1.807) is 4.90 Å². The molecule has 1 aliphatic heterocycles. The normalized spacial score (nSPS) is 16.7. The van der Waals surface area contributed by atoms with E-state index in [2.05, 4.69) is 14.7 Å². The van der Waals surface area contributed by atoms with E-state index in [1.807, 2.05) is 26.8 Å². The highest BCUT2D eigenvalue weighted by Gasteiger charge is 2.31. The van der Waals surface area contributed by atoms with Crippen LogP contribution in [0.4, 0.5) is 13.2 Å². The van der Waals surface area contributed by atoms with Crippen LogP contribution in [0.2, 0.25) is 0 Å². The van der Waals surface area contributed by atoms with Crippen LogP contribution in [0.3, 0.4) is 0 Å². The molecule has 3 rings (SSSR count). The molecule has 1 amide bonds. The van der Waals surface area contributed by atoms with Gasteiger partial charge in [0, 0.05) is 31.4 Å². The number of rotatable bonds is 6. The highest BCUT2D eigenvalue weighted by atomic mass is 19.4. The third-order valence-corrected chi connectivity index (χ3v) is 5.06. The van der Waals surface area contributed by atoms with E-state index in [9.17, 15) is 18.0 Å². The molecule has 8 heteroatoms. The maximum Gasteiger partial charge on any atom is 0.573 e. The maximum absolute atomic E-state index is 12.6. The molecule has 1 aromatic carbocycles. The predicted molar refractivity (Wildman–Crippen MR) is 102 cm³/mol. The standard InChI is InChI=1S/C21H24F3N3O2/c1-13(2)16-8-15(9-18(10-16)29-21(22,23)24)4-5-19-25-11-17(12-26-19)20(28)27-7-6-14(27)3/h8-14H,4-7H2,1-3H3/t14-/m1/s1. The molecule has 0 aliphatic carbocycles. The van der Waals surface area contributed by atoms with Gasteiger partial charge in [0.25, 0.3) is 5.91 Å². The average Bonchev–Trinajstić information content (AvgIpc) is 2.64. The molecule has 0 saturated carbocycles. The number of likely N-dealkylation sites (tertiary alicyclic amines) is 1. The SMILES string of the molecule is CC(C)c1cc(CCc2ncc(C(=O)N3CC[C@H]3C)cn2)cc(OC(F)(F)F)c1. The summed E-state index contributed by atoms with van der Waals surface area (Å²) in [4.78, 5) is 22.6. The second kappa shape index (κ2) is 8.39. The fourth-order valence-corrected chi connectivity index (χ4v) is 3.19. The van der Waals surface area contributed by atoms with Crippen molar-refractivity contribution in [1.82, 2.24) is 14.9 Å². The quantitative estimate of drug-likeness (QED) is 0.707. The van der Waals surface area contributed by atoms with E-state index >= 15 is 0 Å². The molecule has 156 valence electrons. The van der Waals surface area contributed by atoms with Crippen molar-refractivity contribution in [1.29, 1.82) is 0 Å². The van der Waals surface area contributed by atoms with Gasteiger partial charge < -0.3 is 9.64 Å². The number of hydrogen-bond donors (Lipinski definition) is 0. The number of hydrogen-bond acceptors (Lipinski definition) is 4. The first-order valence-corrected chi connectivity index (χ1v) is 9.64.